The van der Waals surface area contributed by atoms with Gasteiger partial charge in [-0.1, -0.05) is 114 Å². The Labute approximate surface area is 282 Å². The first kappa shape index (κ1) is 29.4. The second-order valence-corrected chi connectivity index (χ2v) is 13.0. The Hall–Kier alpha value is -4.97. The largest absolute Gasteiger partial charge is 0.497 e. The molecule has 5 aromatic rings. The quantitative estimate of drug-likeness (QED) is 0.173. The van der Waals surface area contributed by atoms with Gasteiger partial charge in [0.05, 0.1) is 35.5 Å². The number of hydrogen-bond acceptors (Lipinski definition) is 4. The molecule has 5 aromatic carbocycles. The number of halogens is 2. The molecule has 1 saturated carbocycles. The fourth-order valence-corrected chi connectivity index (χ4v) is 8.61. The number of benzene rings is 5. The van der Waals surface area contributed by atoms with Gasteiger partial charge in [0.1, 0.15) is 5.75 Å². The average Bonchev–Trinajstić information content (AvgIpc) is 3.61. The molecule has 230 valence electrons. The van der Waals surface area contributed by atoms with Gasteiger partial charge in [-0.3, -0.25) is 14.4 Å². The number of rotatable bonds is 6. The number of allylic oxidation sites excluding steroid dienone is 2. The molecule has 3 aliphatic rings. The maximum atomic E-state index is 15.9. The number of Topliss-reactive ketones (excluding diaryl/α,β-unsaturated/α-hetero) is 1. The lowest BCUT2D eigenvalue weighted by Crippen LogP contribution is -2.45. The maximum absolute atomic E-state index is 15.9. The Balaban J connectivity index is 1.55. The summed E-state index contributed by atoms with van der Waals surface area (Å²) in [6.07, 6.45) is 0. The number of imide groups is 1. The Bertz CT molecular complexity index is 1980. The number of carbonyl (C=O) groups is 3. The van der Waals surface area contributed by atoms with Crippen molar-refractivity contribution in [2.75, 3.05) is 12.0 Å². The highest BCUT2D eigenvalue weighted by atomic mass is 35.5. The molecule has 1 heterocycles. The highest BCUT2D eigenvalue weighted by Gasteiger charge is 2.82. The summed E-state index contributed by atoms with van der Waals surface area (Å²) in [6.45, 7) is 0. The van der Waals surface area contributed by atoms with Crippen LogP contribution in [-0.2, 0) is 25.2 Å². The van der Waals surface area contributed by atoms with Crippen LogP contribution in [-0.4, -0.2) is 24.7 Å². The van der Waals surface area contributed by atoms with E-state index in [1.807, 2.05) is 84.9 Å². The van der Waals surface area contributed by atoms with Crippen molar-refractivity contribution in [1.82, 2.24) is 0 Å². The van der Waals surface area contributed by atoms with Crippen molar-refractivity contribution in [1.29, 1.82) is 0 Å². The van der Waals surface area contributed by atoms with Crippen LogP contribution in [0.1, 0.15) is 22.3 Å². The molecule has 8 rings (SSSR count). The van der Waals surface area contributed by atoms with Crippen molar-refractivity contribution in [3.63, 3.8) is 0 Å². The minimum Gasteiger partial charge on any atom is -0.497 e. The number of ketones is 1. The van der Waals surface area contributed by atoms with Crippen LogP contribution < -0.4 is 9.64 Å². The molecule has 1 saturated heterocycles. The lowest BCUT2D eigenvalue weighted by molar-refractivity contribution is -0.130. The summed E-state index contributed by atoms with van der Waals surface area (Å²) >= 11 is 12.8. The van der Waals surface area contributed by atoms with E-state index in [4.69, 9.17) is 27.9 Å². The third-order valence-corrected chi connectivity index (χ3v) is 10.5. The molecule has 5 nitrogen and oxygen atoms in total. The summed E-state index contributed by atoms with van der Waals surface area (Å²) in [5, 5.41) is 0.990. The van der Waals surface area contributed by atoms with Crippen molar-refractivity contribution in [3.05, 3.63) is 166 Å². The minimum atomic E-state index is -1.53. The Morgan fingerprint density at radius 3 is 1.45 bits per heavy atom. The van der Waals surface area contributed by atoms with Crippen LogP contribution in [0.2, 0.25) is 10.0 Å². The first-order chi connectivity index (χ1) is 22.8. The van der Waals surface area contributed by atoms with Gasteiger partial charge < -0.3 is 4.74 Å². The number of amides is 2. The van der Waals surface area contributed by atoms with Crippen LogP contribution in [0.5, 0.6) is 5.75 Å². The van der Waals surface area contributed by atoms with E-state index < -0.39 is 34.5 Å². The summed E-state index contributed by atoms with van der Waals surface area (Å²) < 4.78 is 5.46. The number of nitrogens with zero attached hydrogens (tertiary/aromatic N) is 1. The maximum Gasteiger partial charge on any atom is 0.239 e. The minimum absolute atomic E-state index is 0.214. The van der Waals surface area contributed by atoms with E-state index in [2.05, 4.69) is 0 Å². The normalized spacial score (nSPS) is 24.7. The number of ether oxygens (including phenoxy) is 1. The van der Waals surface area contributed by atoms with Gasteiger partial charge in [-0.25, -0.2) is 4.90 Å². The van der Waals surface area contributed by atoms with E-state index in [1.54, 1.807) is 48.5 Å². The summed E-state index contributed by atoms with van der Waals surface area (Å²) in [5.74, 6) is -2.68. The molecule has 2 amide bonds. The third kappa shape index (κ3) is 3.87. The van der Waals surface area contributed by atoms with E-state index in [-0.39, 0.29) is 5.78 Å². The highest BCUT2D eigenvalue weighted by Crippen LogP contribution is 2.74. The molecular formula is C40H27Cl2NO4. The molecule has 0 aromatic heterocycles. The number of methoxy groups -OCH3 is 1. The molecule has 4 atom stereocenters. The zero-order valence-electron chi connectivity index (χ0n) is 25.2. The zero-order chi connectivity index (χ0) is 32.5. The van der Waals surface area contributed by atoms with E-state index >= 15 is 14.4 Å². The smallest absolute Gasteiger partial charge is 0.239 e. The number of fused-ring (bicyclic) bond motifs is 5. The first-order valence-electron chi connectivity index (χ1n) is 15.3. The van der Waals surface area contributed by atoms with Crippen LogP contribution in [0.25, 0.3) is 11.1 Å². The highest BCUT2D eigenvalue weighted by molar-refractivity contribution is 6.39. The standard InChI is InChI=1S/C40H27Cl2NO4/c1-47-31-14-8-13-30(23-31)43-36(44)34-35(37(43)45)40(27-17-21-29(42)22-18-27)33(25-11-6-3-7-12-25)32(24-9-4-2-5-10-24)39(34,38(40)46)26-15-19-28(41)20-16-26/h2-23,34-35H,1H3/t34-,35+,39-,40-/m0/s1. The van der Waals surface area contributed by atoms with Gasteiger partial charge in [0, 0.05) is 16.1 Å². The molecule has 0 N–H and O–H groups in total. The molecule has 7 heteroatoms. The molecule has 47 heavy (non-hydrogen) atoms. The number of hydrogen-bond donors (Lipinski definition) is 0. The Morgan fingerprint density at radius 1 is 0.574 bits per heavy atom. The zero-order valence-corrected chi connectivity index (χ0v) is 26.7. The molecule has 2 aliphatic carbocycles. The van der Waals surface area contributed by atoms with Crippen LogP contribution in [0.3, 0.4) is 0 Å². The predicted molar refractivity (Wildman–Crippen MR) is 183 cm³/mol. The lowest BCUT2D eigenvalue weighted by Gasteiger charge is -2.39. The lowest BCUT2D eigenvalue weighted by atomic mass is 9.59. The van der Waals surface area contributed by atoms with Gasteiger partial charge >= 0.3 is 0 Å². The van der Waals surface area contributed by atoms with Gasteiger partial charge in [-0.15, -0.1) is 0 Å². The van der Waals surface area contributed by atoms with Crippen molar-refractivity contribution >= 4 is 57.6 Å². The number of anilines is 1. The topological polar surface area (TPSA) is 63.7 Å². The summed E-state index contributed by atoms with van der Waals surface area (Å²) in [4.78, 5) is 47.3. The molecule has 0 radical (unpaired) electrons. The van der Waals surface area contributed by atoms with Crippen molar-refractivity contribution < 1.29 is 19.1 Å². The van der Waals surface area contributed by atoms with Gasteiger partial charge in [0.25, 0.3) is 0 Å². The van der Waals surface area contributed by atoms with Gasteiger partial charge in [0.2, 0.25) is 11.8 Å². The van der Waals surface area contributed by atoms with Crippen molar-refractivity contribution in [3.8, 4) is 5.75 Å². The fraction of sp³-hybridized carbons (Fsp3) is 0.125. The molecule has 2 fully saturated rings. The second-order valence-electron chi connectivity index (χ2n) is 12.1. The Kier molecular flexibility index (Phi) is 6.76. The second kappa shape index (κ2) is 10.8. The molecule has 2 bridgehead atoms. The monoisotopic (exact) mass is 655 g/mol. The van der Waals surface area contributed by atoms with Gasteiger partial charge in [-0.2, -0.15) is 0 Å². The number of carbonyl (C=O) groups excluding carboxylic acids is 3. The third-order valence-electron chi connectivity index (χ3n) is 10.0. The summed E-state index contributed by atoms with van der Waals surface area (Å²) in [7, 11) is 1.54. The molecule has 0 spiro atoms. The van der Waals surface area contributed by atoms with E-state index in [0.29, 0.717) is 43.8 Å². The SMILES string of the molecule is COc1cccc(N2C(=O)[C@@H]3[C@H](C2=O)[C@@]2(c4ccc(Cl)cc4)C(=O)[C@@]3(c3ccc(Cl)cc3)C(c3ccccc3)=C2c2ccccc2)c1. The van der Waals surface area contributed by atoms with E-state index in [0.717, 1.165) is 11.1 Å². The van der Waals surface area contributed by atoms with Crippen molar-refractivity contribution in [2.45, 2.75) is 10.8 Å². The van der Waals surface area contributed by atoms with Crippen molar-refractivity contribution in [2.24, 2.45) is 11.8 Å². The first-order valence-corrected chi connectivity index (χ1v) is 16.1. The fourth-order valence-electron chi connectivity index (χ4n) is 8.36. The van der Waals surface area contributed by atoms with Crippen LogP contribution >= 0.6 is 23.2 Å². The van der Waals surface area contributed by atoms with Crippen LogP contribution in [0.4, 0.5) is 5.69 Å². The van der Waals surface area contributed by atoms with Gasteiger partial charge in [0.15, 0.2) is 5.78 Å². The average molecular weight is 657 g/mol. The predicted octanol–water partition coefficient (Wildman–Crippen LogP) is 8.19. The Morgan fingerprint density at radius 2 is 1.02 bits per heavy atom. The van der Waals surface area contributed by atoms with E-state index in [9.17, 15) is 0 Å². The van der Waals surface area contributed by atoms with Crippen LogP contribution in [0, 0.1) is 11.8 Å². The van der Waals surface area contributed by atoms with Gasteiger partial charge in [-0.05, 0) is 69.8 Å². The summed E-state index contributed by atoms with van der Waals surface area (Å²) in [5.41, 5.74) is 1.56. The molecule has 1 aliphatic heterocycles. The molecular weight excluding hydrogens is 629 g/mol. The van der Waals surface area contributed by atoms with E-state index in [1.165, 1.54) is 12.0 Å². The summed E-state index contributed by atoms with van der Waals surface area (Å²) in [6, 6.07) is 40.5. The van der Waals surface area contributed by atoms with Crippen LogP contribution in [0.15, 0.2) is 133 Å². The molecule has 0 unspecified atom stereocenters.